The molecule has 1 aliphatic heterocycles. The molecule has 7 heteroatoms. The zero-order chi connectivity index (χ0) is 16.8. The third kappa shape index (κ3) is 6.83. The summed E-state index contributed by atoms with van der Waals surface area (Å²) >= 11 is 0. The smallest absolute Gasteiger partial charge is 0.226 e. The average molecular weight is 397 g/mol. The summed E-state index contributed by atoms with van der Waals surface area (Å²) < 4.78 is 0. The maximum atomic E-state index is 12.1. The number of rotatable bonds is 5. The Balaban J connectivity index is 0.00000169. The van der Waals surface area contributed by atoms with E-state index in [1.807, 2.05) is 6.07 Å². The summed E-state index contributed by atoms with van der Waals surface area (Å²) in [5, 5.41) is 3.13. The van der Waals surface area contributed by atoms with Gasteiger partial charge >= 0.3 is 0 Å². The van der Waals surface area contributed by atoms with E-state index in [0.717, 1.165) is 38.2 Å². The van der Waals surface area contributed by atoms with Gasteiger partial charge in [-0.15, -0.1) is 24.8 Å². The van der Waals surface area contributed by atoms with E-state index in [9.17, 15) is 4.79 Å². The van der Waals surface area contributed by atoms with Crippen LogP contribution in [-0.2, 0) is 17.8 Å². The lowest BCUT2D eigenvalue weighted by atomic mass is 10.0. The Kier molecular flexibility index (Phi) is 9.41. The number of nitrogens with zero attached hydrogens (tertiary/aromatic N) is 2. The molecule has 1 fully saturated rings. The molecule has 3 rings (SSSR count). The van der Waals surface area contributed by atoms with Crippen molar-refractivity contribution in [2.24, 2.45) is 0 Å². The van der Waals surface area contributed by atoms with E-state index in [-0.39, 0.29) is 36.8 Å². The summed E-state index contributed by atoms with van der Waals surface area (Å²) in [6, 6.07) is 14.4. The van der Waals surface area contributed by atoms with Crippen molar-refractivity contribution in [1.29, 1.82) is 0 Å². The molecule has 2 aromatic rings. The standard InChI is InChI=1S/C19H24N4O.2ClH/c20-16-6-7-18(21-13-16)12-19(24)22-17-8-10-23(11-9-17)14-15-4-2-1-3-5-15;;/h1-7,13,17H,8-12,14,20H2,(H,22,24);2*1H. The van der Waals surface area contributed by atoms with Crippen molar-refractivity contribution in [3.05, 3.63) is 59.9 Å². The molecule has 2 heterocycles. The van der Waals surface area contributed by atoms with Gasteiger partial charge in [-0.25, -0.2) is 0 Å². The lowest BCUT2D eigenvalue weighted by Gasteiger charge is -2.32. The molecule has 1 aliphatic rings. The van der Waals surface area contributed by atoms with Gasteiger partial charge in [0.1, 0.15) is 0 Å². The quantitative estimate of drug-likeness (QED) is 0.814. The second-order valence-electron chi connectivity index (χ2n) is 6.36. The van der Waals surface area contributed by atoms with Crippen LogP contribution in [0.3, 0.4) is 0 Å². The van der Waals surface area contributed by atoms with Crippen LogP contribution in [0.15, 0.2) is 48.7 Å². The summed E-state index contributed by atoms with van der Waals surface area (Å²) in [6.07, 6.45) is 3.89. The fourth-order valence-corrected chi connectivity index (χ4v) is 3.06. The third-order valence-electron chi connectivity index (χ3n) is 4.39. The Morgan fingerprint density at radius 3 is 2.42 bits per heavy atom. The van der Waals surface area contributed by atoms with Gasteiger partial charge in [-0.05, 0) is 30.5 Å². The number of amides is 1. The molecular weight excluding hydrogens is 371 g/mol. The highest BCUT2D eigenvalue weighted by molar-refractivity contribution is 5.85. The summed E-state index contributed by atoms with van der Waals surface area (Å²) in [7, 11) is 0. The van der Waals surface area contributed by atoms with Crippen LogP contribution in [0.2, 0.25) is 0 Å². The molecule has 5 nitrogen and oxygen atoms in total. The molecule has 0 atom stereocenters. The van der Waals surface area contributed by atoms with Gasteiger partial charge in [0, 0.05) is 31.4 Å². The Morgan fingerprint density at radius 1 is 1.12 bits per heavy atom. The van der Waals surface area contributed by atoms with E-state index in [0.29, 0.717) is 12.1 Å². The lowest BCUT2D eigenvalue weighted by molar-refractivity contribution is -0.121. The van der Waals surface area contributed by atoms with Crippen LogP contribution in [0, 0.1) is 0 Å². The third-order valence-corrected chi connectivity index (χ3v) is 4.39. The van der Waals surface area contributed by atoms with Crippen LogP contribution in [0.1, 0.15) is 24.1 Å². The van der Waals surface area contributed by atoms with Crippen molar-refractivity contribution >= 4 is 36.4 Å². The number of carbonyl (C=O) groups excluding carboxylic acids is 1. The number of anilines is 1. The van der Waals surface area contributed by atoms with Gasteiger partial charge in [-0.1, -0.05) is 30.3 Å². The normalized spacial score (nSPS) is 14.8. The van der Waals surface area contributed by atoms with Gasteiger partial charge in [0.05, 0.1) is 18.3 Å². The van der Waals surface area contributed by atoms with E-state index in [2.05, 4.69) is 39.5 Å². The maximum Gasteiger partial charge on any atom is 0.226 e. The molecule has 1 aromatic heterocycles. The number of piperidine rings is 1. The number of pyridine rings is 1. The van der Waals surface area contributed by atoms with Crippen LogP contribution in [0.25, 0.3) is 0 Å². The van der Waals surface area contributed by atoms with Gasteiger partial charge in [0.2, 0.25) is 5.91 Å². The van der Waals surface area contributed by atoms with E-state index in [1.165, 1.54) is 5.56 Å². The number of benzene rings is 1. The summed E-state index contributed by atoms with van der Waals surface area (Å²) in [5.74, 6) is 0.0359. The molecule has 142 valence electrons. The second kappa shape index (κ2) is 11.0. The van der Waals surface area contributed by atoms with Crippen LogP contribution in [0.4, 0.5) is 5.69 Å². The molecule has 1 amide bonds. The molecule has 0 bridgehead atoms. The van der Waals surface area contributed by atoms with Crippen molar-refractivity contribution in [1.82, 2.24) is 15.2 Å². The molecule has 0 unspecified atom stereocenters. The molecule has 1 aromatic carbocycles. The summed E-state index contributed by atoms with van der Waals surface area (Å²) in [4.78, 5) is 18.8. The molecule has 0 radical (unpaired) electrons. The minimum absolute atomic E-state index is 0. The van der Waals surface area contributed by atoms with Crippen molar-refractivity contribution in [3.63, 3.8) is 0 Å². The van der Waals surface area contributed by atoms with Gasteiger partial charge < -0.3 is 11.1 Å². The van der Waals surface area contributed by atoms with Gasteiger partial charge in [-0.3, -0.25) is 14.7 Å². The van der Waals surface area contributed by atoms with E-state index < -0.39 is 0 Å². The number of hydrogen-bond acceptors (Lipinski definition) is 4. The molecule has 3 N–H and O–H groups in total. The summed E-state index contributed by atoms with van der Waals surface area (Å²) in [5.41, 5.74) is 8.32. The number of halogens is 2. The van der Waals surface area contributed by atoms with Gasteiger partial charge in [0.15, 0.2) is 0 Å². The zero-order valence-electron chi connectivity index (χ0n) is 14.6. The van der Waals surface area contributed by atoms with Crippen molar-refractivity contribution in [2.45, 2.75) is 31.8 Å². The first-order valence-electron chi connectivity index (χ1n) is 8.45. The summed E-state index contributed by atoms with van der Waals surface area (Å²) in [6.45, 7) is 3.01. The average Bonchev–Trinajstić information content (AvgIpc) is 2.60. The number of likely N-dealkylation sites (tertiary alicyclic amines) is 1. The number of nitrogen functional groups attached to an aromatic ring is 1. The number of carbonyl (C=O) groups is 1. The molecule has 0 saturated carbocycles. The van der Waals surface area contributed by atoms with Crippen LogP contribution in [-0.4, -0.2) is 34.9 Å². The van der Waals surface area contributed by atoms with Crippen molar-refractivity contribution in [2.75, 3.05) is 18.8 Å². The topological polar surface area (TPSA) is 71.2 Å². The Hall–Kier alpha value is -1.82. The largest absolute Gasteiger partial charge is 0.397 e. The van der Waals surface area contributed by atoms with Crippen LogP contribution < -0.4 is 11.1 Å². The highest BCUT2D eigenvalue weighted by Crippen LogP contribution is 2.14. The predicted octanol–water partition coefficient (Wildman–Crippen LogP) is 2.83. The minimum atomic E-state index is 0. The number of nitrogens with one attached hydrogen (secondary N) is 1. The first kappa shape index (κ1) is 22.2. The highest BCUT2D eigenvalue weighted by Gasteiger charge is 2.20. The molecule has 26 heavy (non-hydrogen) atoms. The minimum Gasteiger partial charge on any atom is -0.397 e. The van der Waals surface area contributed by atoms with Crippen molar-refractivity contribution < 1.29 is 4.79 Å². The Labute approximate surface area is 167 Å². The Bertz CT molecular complexity index is 659. The highest BCUT2D eigenvalue weighted by atomic mass is 35.5. The van der Waals surface area contributed by atoms with Crippen LogP contribution >= 0.6 is 24.8 Å². The first-order chi connectivity index (χ1) is 11.7. The van der Waals surface area contributed by atoms with Gasteiger partial charge in [-0.2, -0.15) is 0 Å². The molecule has 0 spiro atoms. The Morgan fingerprint density at radius 2 is 1.81 bits per heavy atom. The SMILES string of the molecule is Cl.Cl.Nc1ccc(CC(=O)NC2CCN(Cc3ccccc3)CC2)nc1. The van der Waals surface area contributed by atoms with Crippen molar-refractivity contribution in [3.8, 4) is 0 Å². The van der Waals surface area contributed by atoms with E-state index in [4.69, 9.17) is 5.73 Å². The number of nitrogens with two attached hydrogens (primary N) is 1. The zero-order valence-corrected chi connectivity index (χ0v) is 16.3. The predicted molar refractivity (Wildman–Crippen MR) is 110 cm³/mol. The fraction of sp³-hybridized carbons (Fsp3) is 0.368. The van der Waals surface area contributed by atoms with E-state index in [1.54, 1.807) is 18.3 Å². The molecule has 0 aliphatic carbocycles. The van der Waals surface area contributed by atoms with E-state index >= 15 is 0 Å². The number of hydrogen-bond donors (Lipinski definition) is 2. The number of aromatic nitrogens is 1. The van der Waals surface area contributed by atoms with Gasteiger partial charge in [0.25, 0.3) is 0 Å². The molecular formula is C19H26Cl2N4O. The maximum absolute atomic E-state index is 12.1. The van der Waals surface area contributed by atoms with Crippen LogP contribution in [0.5, 0.6) is 0 Å². The monoisotopic (exact) mass is 396 g/mol. The fourth-order valence-electron chi connectivity index (χ4n) is 3.06. The first-order valence-corrected chi connectivity index (χ1v) is 8.45. The lowest BCUT2D eigenvalue weighted by Crippen LogP contribution is -2.44. The molecule has 1 saturated heterocycles. The second-order valence-corrected chi connectivity index (χ2v) is 6.36.